The fourth-order valence-corrected chi connectivity index (χ4v) is 4.93. The molecule has 1 unspecified atom stereocenters. The molecule has 4 nitrogen and oxygen atoms in total. The lowest BCUT2D eigenvalue weighted by atomic mass is 9.92. The average molecular weight is 396 g/mol. The van der Waals surface area contributed by atoms with Crippen LogP contribution in [0.15, 0.2) is 24.4 Å². The Kier molecular flexibility index (Phi) is 4.75. The predicted octanol–water partition coefficient (Wildman–Crippen LogP) is 4.37. The van der Waals surface area contributed by atoms with Gasteiger partial charge in [0.2, 0.25) is 5.91 Å². The number of hydrogen-bond acceptors (Lipinski definition) is 4. The SMILES string of the molecule is O=C(Nc1ncc(Cc2cccc(Cl)c2Cl)s1)C1CC12CCNCC2. The van der Waals surface area contributed by atoms with Gasteiger partial charge in [-0.3, -0.25) is 4.79 Å². The molecule has 2 fully saturated rings. The van der Waals surface area contributed by atoms with Gasteiger partial charge in [-0.05, 0) is 49.4 Å². The van der Waals surface area contributed by atoms with Gasteiger partial charge in [0.05, 0.1) is 10.0 Å². The van der Waals surface area contributed by atoms with Gasteiger partial charge in [-0.2, -0.15) is 0 Å². The highest BCUT2D eigenvalue weighted by atomic mass is 35.5. The van der Waals surface area contributed by atoms with Gasteiger partial charge in [-0.1, -0.05) is 35.3 Å². The number of carbonyl (C=O) groups excluding carboxylic acids is 1. The van der Waals surface area contributed by atoms with Crippen LogP contribution in [0.4, 0.5) is 5.13 Å². The Balaban J connectivity index is 1.38. The number of aromatic nitrogens is 1. The second-order valence-corrected chi connectivity index (χ2v) is 8.78. The molecule has 2 aliphatic rings. The molecule has 7 heteroatoms. The van der Waals surface area contributed by atoms with Crippen molar-refractivity contribution in [3.63, 3.8) is 0 Å². The quantitative estimate of drug-likeness (QED) is 0.807. The number of nitrogens with one attached hydrogen (secondary N) is 2. The van der Waals surface area contributed by atoms with Crippen molar-refractivity contribution in [1.82, 2.24) is 10.3 Å². The van der Waals surface area contributed by atoms with E-state index in [0.29, 0.717) is 21.6 Å². The third-order valence-electron chi connectivity index (χ3n) is 5.29. The van der Waals surface area contributed by atoms with E-state index >= 15 is 0 Å². The molecule has 1 aromatic carbocycles. The monoisotopic (exact) mass is 395 g/mol. The molecule has 1 amide bonds. The van der Waals surface area contributed by atoms with Crippen LogP contribution in [0.3, 0.4) is 0 Å². The highest BCUT2D eigenvalue weighted by Gasteiger charge is 2.57. The van der Waals surface area contributed by atoms with E-state index in [1.54, 1.807) is 12.3 Å². The van der Waals surface area contributed by atoms with E-state index in [-0.39, 0.29) is 17.2 Å². The lowest BCUT2D eigenvalue weighted by Gasteiger charge is -2.22. The Morgan fingerprint density at radius 3 is 2.96 bits per heavy atom. The molecule has 25 heavy (non-hydrogen) atoms. The molecule has 2 heterocycles. The van der Waals surface area contributed by atoms with Crippen LogP contribution in [-0.2, 0) is 11.2 Å². The maximum atomic E-state index is 12.5. The number of benzene rings is 1. The molecule has 1 aliphatic carbocycles. The van der Waals surface area contributed by atoms with Crippen LogP contribution in [-0.4, -0.2) is 24.0 Å². The van der Waals surface area contributed by atoms with Crippen LogP contribution >= 0.6 is 34.5 Å². The first-order chi connectivity index (χ1) is 12.1. The second kappa shape index (κ2) is 6.88. The van der Waals surface area contributed by atoms with Gasteiger partial charge in [0, 0.05) is 23.4 Å². The number of nitrogens with zero attached hydrogens (tertiary/aromatic N) is 1. The minimum atomic E-state index is 0.114. The van der Waals surface area contributed by atoms with E-state index < -0.39 is 0 Å². The number of thiazole rings is 1. The fraction of sp³-hybridized carbons (Fsp3) is 0.444. The standard InChI is InChI=1S/C18H19Cl2N3OS/c19-14-3-1-2-11(15(14)20)8-12-10-22-17(25-12)23-16(24)13-9-18(13)4-6-21-7-5-18/h1-3,10,13,21H,4-9H2,(H,22,23,24). The first-order valence-corrected chi connectivity index (χ1v) is 10.0. The molecular weight excluding hydrogens is 377 g/mol. The number of amides is 1. The summed E-state index contributed by atoms with van der Waals surface area (Å²) in [4.78, 5) is 17.9. The van der Waals surface area contributed by atoms with Crippen LogP contribution in [0.2, 0.25) is 10.0 Å². The van der Waals surface area contributed by atoms with Gasteiger partial charge in [0.15, 0.2) is 5.13 Å². The summed E-state index contributed by atoms with van der Waals surface area (Å²) in [5.74, 6) is 0.257. The van der Waals surface area contributed by atoms with Crippen LogP contribution in [0.25, 0.3) is 0 Å². The maximum absolute atomic E-state index is 12.5. The Labute approximate surface area is 160 Å². The summed E-state index contributed by atoms with van der Waals surface area (Å²) in [5, 5.41) is 8.15. The summed E-state index contributed by atoms with van der Waals surface area (Å²) in [5.41, 5.74) is 1.20. The van der Waals surface area contributed by atoms with Gasteiger partial charge < -0.3 is 10.6 Å². The summed E-state index contributed by atoms with van der Waals surface area (Å²) in [6.45, 7) is 2.04. The minimum Gasteiger partial charge on any atom is -0.317 e. The third kappa shape index (κ3) is 3.56. The highest BCUT2D eigenvalue weighted by Crippen LogP contribution is 2.58. The van der Waals surface area contributed by atoms with Gasteiger partial charge in [-0.15, -0.1) is 11.3 Å². The number of halogens is 2. The van der Waals surface area contributed by atoms with Gasteiger partial charge in [-0.25, -0.2) is 4.98 Å². The average Bonchev–Trinajstić information content (AvgIpc) is 3.11. The van der Waals surface area contributed by atoms with E-state index in [4.69, 9.17) is 23.2 Å². The van der Waals surface area contributed by atoms with Crippen molar-refractivity contribution in [3.05, 3.63) is 44.9 Å². The number of piperidine rings is 1. The Hall–Kier alpha value is -1.14. The van der Waals surface area contributed by atoms with Crippen molar-refractivity contribution in [3.8, 4) is 0 Å². The normalized spacial score (nSPS) is 21.3. The number of carbonyl (C=O) groups is 1. The third-order valence-corrected chi connectivity index (χ3v) is 7.06. The summed E-state index contributed by atoms with van der Waals surface area (Å²) in [6.07, 6.45) is 5.66. The molecule has 4 rings (SSSR count). The first kappa shape index (κ1) is 17.3. The number of rotatable bonds is 4. The summed E-state index contributed by atoms with van der Waals surface area (Å²) in [6, 6.07) is 5.62. The molecule has 1 aromatic heterocycles. The summed E-state index contributed by atoms with van der Waals surface area (Å²) in [7, 11) is 0. The van der Waals surface area contributed by atoms with Crippen molar-refractivity contribution in [2.45, 2.75) is 25.7 Å². The molecule has 132 valence electrons. The lowest BCUT2D eigenvalue weighted by Crippen LogP contribution is -2.31. The maximum Gasteiger partial charge on any atom is 0.229 e. The van der Waals surface area contributed by atoms with E-state index in [1.807, 2.05) is 12.1 Å². The van der Waals surface area contributed by atoms with Gasteiger partial charge in [0.1, 0.15) is 0 Å². The van der Waals surface area contributed by atoms with Gasteiger partial charge in [0.25, 0.3) is 0 Å². The molecule has 2 N–H and O–H groups in total. The molecule has 1 saturated carbocycles. The largest absolute Gasteiger partial charge is 0.317 e. The van der Waals surface area contributed by atoms with Gasteiger partial charge >= 0.3 is 0 Å². The van der Waals surface area contributed by atoms with E-state index in [9.17, 15) is 4.79 Å². The molecule has 2 aromatic rings. The van der Waals surface area contributed by atoms with Crippen molar-refractivity contribution in [2.24, 2.45) is 11.3 Å². The van der Waals surface area contributed by atoms with Crippen molar-refractivity contribution in [2.75, 3.05) is 18.4 Å². The lowest BCUT2D eigenvalue weighted by molar-refractivity contribution is -0.118. The first-order valence-electron chi connectivity index (χ1n) is 8.47. The van der Waals surface area contributed by atoms with E-state index in [1.165, 1.54) is 11.3 Å². The van der Waals surface area contributed by atoms with Crippen LogP contribution in [0.5, 0.6) is 0 Å². The Morgan fingerprint density at radius 1 is 1.36 bits per heavy atom. The zero-order valence-corrected chi connectivity index (χ0v) is 16.0. The minimum absolute atomic E-state index is 0.114. The van der Waals surface area contributed by atoms with Crippen LogP contribution in [0.1, 0.15) is 29.7 Å². The molecule has 1 atom stereocenters. The van der Waals surface area contributed by atoms with E-state index in [2.05, 4.69) is 15.6 Å². The Morgan fingerprint density at radius 2 is 2.16 bits per heavy atom. The summed E-state index contributed by atoms with van der Waals surface area (Å²) < 4.78 is 0. The number of hydrogen-bond donors (Lipinski definition) is 2. The smallest absolute Gasteiger partial charge is 0.229 e. The van der Waals surface area contributed by atoms with Crippen molar-refractivity contribution >= 4 is 45.6 Å². The molecule has 1 saturated heterocycles. The molecular formula is C18H19Cl2N3OS. The van der Waals surface area contributed by atoms with Crippen molar-refractivity contribution < 1.29 is 4.79 Å². The zero-order valence-electron chi connectivity index (χ0n) is 13.6. The fourth-order valence-electron chi connectivity index (χ4n) is 3.71. The zero-order chi connectivity index (χ0) is 17.4. The molecule has 1 spiro atoms. The van der Waals surface area contributed by atoms with E-state index in [0.717, 1.165) is 42.8 Å². The Bertz CT molecular complexity index is 801. The molecule has 0 bridgehead atoms. The second-order valence-electron chi connectivity index (χ2n) is 6.88. The number of anilines is 1. The van der Waals surface area contributed by atoms with Crippen LogP contribution < -0.4 is 10.6 Å². The van der Waals surface area contributed by atoms with Crippen molar-refractivity contribution in [1.29, 1.82) is 0 Å². The summed E-state index contributed by atoms with van der Waals surface area (Å²) >= 11 is 13.8. The predicted molar refractivity (Wildman–Crippen MR) is 103 cm³/mol. The van der Waals surface area contributed by atoms with Crippen LogP contribution in [0, 0.1) is 11.3 Å². The highest BCUT2D eigenvalue weighted by molar-refractivity contribution is 7.15. The topological polar surface area (TPSA) is 54.0 Å². The molecule has 1 aliphatic heterocycles. The molecule has 0 radical (unpaired) electrons.